The molecule has 4 nitrogen and oxygen atoms in total. The second-order valence-electron chi connectivity index (χ2n) is 5.17. The predicted octanol–water partition coefficient (Wildman–Crippen LogP) is 2.72. The minimum absolute atomic E-state index is 0.00308. The first-order valence-electron chi connectivity index (χ1n) is 7.43. The van der Waals surface area contributed by atoms with Crippen molar-refractivity contribution >= 4 is 23.6 Å². The van der Waals surface area contributed by atoms with E-state index in [0.29, 0.717) is 25.4 Å². The van der Waals surface area contributed by atoms with Crippen molar-refractivity contribution in [3.63, 3.8) is 0 Å². The van der Waals surface area contributed by atoms with Gasteiger partial charge in [0.25, 0.3) is 0 Å². The maximum atomic E-state index is 12.8. The number of likely N-dealkylation sites (tertiary alicyclic amines) is 1. The summed E-state index contributed by atoms with van der Waals surface area (Å²) in [6.45, 7) is 3.26. The van der Waals surface area contributed by atoms with Crippen molar-refractivity contribution in [3.8, 4) is 0 Å². The molecule has 1 aromatic carbocycles. The van der Waals surface area contributed by atoms with Crippen molar-refractivity contribution in [2.24, 2.45) is 5.92 Å². The standard InChI is InChI=1S/C16H20FNO3S/c1-2-21-16(20)12-4-3-9-18(10-12)15(19)11-22-14-7-5-13(17)6-8-14/h5-8,12H,2-4,9-11H2,1H3/t12-/m0/s1. The lowest BCUT2D eigenvalue weighted by atomic mass is 9.98. The van der Waals surface area contributed by atoms with Crippen molar-refractivity contribution in [3.05, 3.63) is 30.1 Å². The quantitative estimate of drug-likeness (QED) is 0.617. The van der Waals surface area contributed by atoms with Crippen LogP contribution in [0.3, 0.4) is 0 Å². The number of esters is 1. The number of halogens is 1. The molecule has 6 heteroatoms. The molecule has 0 saturated carbocycles. The molecule has 0 aromatic heterocycles. The van der Waals surface area contributed by atoms with E-state index in [2.05, 4.69) is 0 Å². The maximum absolute atomic E-state index is 12.8. The highest BCUT2D eigenvalue weighted by Crippen LogP contribution is 2.22. The summed E-state index contributed by atoms with van der Waals surface area (Å²) in [6.07, 6.45) is 1.59. The van der Waals surface area contributed by atoms with E-state index in [4.69, 9.17) is 4.74 Å². The van der Waals surface area contributed by atoms with Gasteiger partial charge in [-0.15, -0.1) is 11.8 Å². The topological polar surface area (TPSA) is 46.6 Å². The Morgan fingerprint density at radius 3 is 2.77 bits per heavy atom. The molecule has 0 radical (unpaired) electrons. The number of benzene rings is 1. The monoisotopic (exact) mass is 325 g/mol. The molecule has 0 aliphatic carbocycles. The van der Waals surface area contributed by atoms with Crippen LogP contribution in [0, 0.1) is 11.7 Å². The van der Waals surface area contributed by atoms with Gasteiger partial charge in [0.05, 0.1) is 18.3 Å². The molecule has 1 amide bonds. The van der Waals surface area contributed by atoms with Crippen LogP contribution in [0.2, 0.25) is 0 Å². The Balaban J connectivity index is 1.83. The molecular formula is C16H20FNO3S. The highest BCUT2D eigenvalue weighted by molar-refractivity contribution is 8.00. The van der Waals surface area contributed by atoms with Gasteiger partial charge in [-0.25, -0.2) is 4.39 Å². The van der Waals surface area contributed by atoms with E-state index >= 15 is 0 Å². The number of nitrogens with zero attached hydrogens (tertiary/aromatic N) is 1. The first kappa shape index (κ1) is 16.8. The van der Waals surface area contributed by atoms with Crippen LogP contribution in [0.1, 0.15) is 19.8 Å². The zero-order valence-electron chi connectivity index (χ0n) is 12.6. The van der Waals surface area contributed by atoms with Crippen LogP contribution in [-0.4, -0.2) is 42.2 Å². The van der Waals surface area contributed by atoms with Gasteiger partial charge in [-0.1, -0.05) is 0 Å². The Bertz CT molecular complexity index is 521. The van der Waals surface area contributed by atoms with E-state index in [1.165, 1.54) is 23.9 Å². The lowest BCUT2D eigenvalue weighted by Gasteiger charge is -2.31. The predicted molar refractivity (Wildman–Crippen MR) is 83.1 cm³/mol. The maximum Gasteiger partial charge on any atom is 0.310 e. The van der Waals surface area contributed by atoms with Gasteiger partial charge in [-0.3, -0.25) is 9.59 Å². The Morgan fingerprint density at radius 2 is 2.09 bits per heavy atom. The van der Waals surface area contributed by atoms with Crippen molar-refractivity contribution in [2.45, 2.75) is 24.7 Å². The van der Waals surface area contributed by atoms with Gasteiger partial charge < -0.3 is 9.64 Å². The Labute approximate surface area is 134 Å². The summed E-state index contributed by atoms with van der Waals surface area (Å²) in [5, 5.41) is 0. The number of amides is 1. The lowest BCUT2D eigenvalue weighted by Crippen LogP contribution is -2.43. The number of carbonyl (C=O) groups excluding carboxylic acids is 2. The van der Waals surface area contributed by atoms with Crippen LogP contribution in [0.25, 0.3) is 0 Å². The molecule has 1 heterocycles. The number of carbonyl (C=O) groups is 2. The third-order valence-corrected chi connectivity index (χ3v) is 4.57. The minimum atomic E-state index is -0.288. The largest absolute Gasteiger partial charge is 0.466 e. The van der Waals surface area contributed by atoms with E-state index in [1.54, 1.807) is 24.0 Å². The van der Waals surface area contributed by atoms with E-state index in [0.717, 1.165) is 17.7 Å². The Morgan fingerprint density at radius 1 is 1.36 bits per heavy atom. The van der Waals surface area contributed by atoms with E-state index in [1.807, 2.05) is 0 Å². The highest BCUT2D eigenvalue weighted by atomic mass is 32.2. The number of thioether (sulfide) groups is 1. The molecule has 0 spiro atoms. The van der Waals surface area contributed by atoms with Crippen LogP contribution in [0.5, 0.6) is 0 Å². The molecule has 120 valence electrons. The summed E-state index contributed by atoms with van der Waals surface area (Å²) < 4.78 is 17.9. The van der Waals surface area contributed by atoms with Gasteiger partial charge in [0.2, 0.25) is 5.91 Å². The summed E-state index contributed by atoms with van der Waals surface area (Å²) >= 11 is 1.38. The Kier molecular flexibility index (Phi) is 6.24. The third-order valence-electron chi connectivity index (χ3n) is 3.57. The first-order valence-corrected chi connectivity index (χ1v) is 8.41. The van der Waals surface area contributed by atoms with E-state index in [-0.39, 0.29) is 23.6 Å². The first-order chi connectivity index (χ1) is 10.6. The van der Waals surface area contributed by atoms with Crippen molar-refractivity contribution in [1.29, 1.82) is 0 Å². The highest BCUT2D eigenvalue weighted by Gasteiger charge is 2.29. The molecule has 1 fully saturated rings. The smallest absolute Gasteiger partial charge is 0.310 e. The average Bonchev–Trinajstić information content (AvgIpc) is 2.54. The van der Waals surface area contributed by atoms with Gasteiger partial charge in [-0.2, -0.15) is 0 Å². The van der Waals surface area contributed by atoms with Crippen LogP contribution >= 0.6 is 11.8 Å². The fraction of sp³-hybridized carbons (Fsp3) is 0.500. The fourth-order valence-electron chi connectivity index (χ4n) is 2.42. The second kappa shape index (κ2) is 8.17. The lowest BCUT2D eigenvalue weighted by molar-refractivity contribution is -0.151. The molecule has 0 bridgehead atoms. The molecule has 0 unspecified atom stereocenters. The minimum Gasteiger partial charge on any atom is -0.466 e. The molecule has 22 heavy (non-hydrogen) atoms. The van der Waals surface area contributed by atoms with Crippen LogP contribution < -0.4 is 0 Å². The van der Waals surface area contributed by atoms with Gasteiger partial charge in [0.15, 0.2) is 0 Å². The number of hydrogen-bond acceptors (Lipinski definition) is 4. The fourth-order valence-corrected chi connectivity index (χ4v) is 3.22. The molecular weight excluding hydrogens is 305 g/mol. The molecule has 1 atom stereocenters. The van der Waals surface area contributed by atoms with Gasteiger partial charge in [0, 0.05) is 18.0 Å². The number of hydrogen-bond donors (Lipinski definition) is 0. The SMILES string of the molecule is CCOC(=O)[C@H]1CCCN(C(=O)CSc2ccc(F)cc2)C1. The van der Waals surface area contributed by atoms with E-state index < -0.39 is 0 Å². The third kappa shape index (κ3) is 4.73. The van der Waals surface area contributed by atoms with E-state index in [9.17, 15) is 14.0 Å². The zero-order chi connectivity index (χ0) is 15.9. The van der Waals surface area contributed by atoms with Crippen molar-refractivity contribution < 1.29 is 18.7 Å². The van der Waals surface area contributed by atoms with Crippen molar-refractivity contribution in [2.75, 3.05) is 25.4 Å². The number of rotatable bonds is 5. The second-order valence-corrected chi connectivity index (χ2v) is 6.22. The van der Waals surface area contributed by atoms with Crippen LogP contribution in [-0.2, 0) is 14.3 Å². The zero-order valence-corrected chi connectivity index (χ0v) is 13.4. The molecule has 1 saturated heterocycles. The normalized spacial score (nSPS) is 18.1. The summed E-state index contributed by atoms with van der Waals surface area (Å²) in [5.41, 5.74) is 0. The summed E-state index contributed by atoms with van der Waals surface area (Å²) in [4.78, 5) is 26.6. The molecule has 1 aliphatic rings. The average molecular weight is 325 g/mol. The molecule has 0 N–H and O–H groups in total. The Hall–Kier alpha value is -1.56. The molecule has 1 aliphatic heterocycles. The van der Waals surface area contributed by atoms with Gasteiger partial charge in [0.1, 0.15) is 5.82 Å². The van der Waals surface area contributed by atoms with Crippen molar-refractivity contribution in [1.82, 2.24) is 4.90 Å². The molecule has 1 aromatic rings. The summed E-state index contributed by atoms with van der Waals surface area (Å²) in [5.74, 6) is -0.423. The summed E-state index contributed by atoms with van der Waals surface area (Å²) in [6, 6.07) is 6.07. The number of ether oxygens (including phenoxy) is 1. The molecule has 2 rings (SSSR count). The van der Waals surface area contributed by atoms with Crippen LogP contribution in [0.15, 0.2) is 29.2 Å². The summed E-state index contributed by atoms with van der Waals surface area (Å²) in [7, 11) is 0. The van der Waals surface area contributed by atoms with Crippen LogP contribution in [0.4, 0.5) is 4.39 Å². The van der Waals surface area contributed by atoms with Gasteiger partial charge in [-0.05, 0) is 44.0 Å². The van der Waals surface area contributed by atoms with Gasteiger partial charge >= 0.3 is 5.97 Å². The number of piperidine rings is 1.